The summed E-state index contributed by atoms with van der Waals surface area (Å²) in [5, 5.41) is 0. The average Bonchev–Trinajstić information content (AvgIpc) is 2.40. The molecule has 0 heterocycles. The van der Waals surface area contributed by atoms with Gasteiger partial charge in [0.25, 0.3) is 0 Å². The maximum atomic E-state index is 13.9. The maximum absolute atomic E-state index is 13.9. The van der Waals surface area contributed by atoms with Crippen molar-refractivity contribution in [1.82, 2.24) is 0 Å². The molecule has 0 fully saturated rings. The number of benzene rings is 2. The Morgan fingerprint density at radius 1 is 1.20 bits per heavy atom. The predicted molar refractivity (Wildman–Crippen MR) is 82.5 cm³/mol. The van der Waals surface area contributed by atoms with Crippen LogP contribution in [-0.2, 0) is 6.61 Å². The molecule has 0 unspecified atom stereocenters. The van der Waals surface area contributed by atoms with E-state index in [-0.39, 0.29) is 17.4 Å². The smallest absolute Gasteiger partial charge is 0.130 e. The minimum atomic E-state index is -0.361. The van der Waals surface area contributed by atoms with Gasteiger partial charge in [-0.1, -0.05) is 36.5 Å². The molecular weight excluding hydrogens is 273 g/mol. The summed E-state index contributed by atoms with van der Waals surface area (Å²) >= 11 is 4.82. The van der Waals surface area contributed by atoms with Gasteiger partial charge in [0.1, 0.15) is 23.2 Å². The Morgan fingerprint density at radius 2 is 1.95 bits per heavy atom. The molecule has 0 saturated carbocycles. The van der Waals surface area contributed by atoms with E-state index in [0.29, 0.717) is 11.1 Å². The molecule has 0 spiro atoms. The van der Waals surface area contributed by atoms with Crippen molar-refractivity contribution < 1.29 is 9.13 Å². The van der Waals surface area contributed by atoms with E-state index in [1.807, 2.05) is 32.0 Å². The van der Waals surface area contributed by atoms with Gasteiger partial charge in [-0.25, -0.2) is 4.39 Å². The Labute approximate surface area is 123 Å². The molecule has 2 rings (SSSR count). The van der Waals surface area contributed by atoms with E-state index in [4.69, 9.17) is 22.7 Å². The molecule has 2 N–H and O–H groups in total. The summed E-state index contributed by atoms with van der Waals surface area (Å²) in [6.07, 6.45) is 0. The highest BCUT2D eigenvalue weighted by Gasteiger charge is 2.07. The number of halogens is 1. The first-order valence-corrected chi connectivity index (χ1v) is 6.66. The third-order valence-electron chi connectivity index (χ3n) is 3.06. The summed E-state index contributed by atoms with van der Waals surface area (Å²) in [6.45, 7) is 4.12. The van der Waals surface area contributed by atoms with E-state index >= 15 is 0 Å². The van der Waals surface area contributed by atoms with Crippen molar-refractivity contribution in [3.8, 4) is 5.75 Å². The van der Waals surface area contributed by atoms with Crippen LogP contribution in [-0.4, -0.2) is 4.99 Å². The summed E-state index contributed by atoms with van der Waals surface area (Å²) in [5.41, 5.74) is 8.60. The fourth-order valence-corrected chi connectivity index (χ4v) is 1.96. The van der Waals surface area contributed by atoms with Crippen molar-refractivity contribution in [2.24, 2.45) is 5.73 Å². The first kappa shape index (κ1) is 14.5. The third kappa shape index (κ3) is 3.33. The fourth-order valence-electron chi connectivity index (χ4n) is 1.84. The van der Waals surface area contributed by atoms with E-state index in [9.17, 15) is 4.39 Å². The summed E-state index contributed by atoms with van der Waals surface area (Å²) in [7, 11) is 0. The lowest BCUT2D eigenvalue weighted by Gasteiger charge is -2.11. The number of hydrogen-bond acceptors (Lipinski definition) is 2. The van der Waals surface area contributed by atoms with E-state index in [0.717, 1.165) is 16.9 Å². The summed E-state index contributed by atoms with van der Waals surface area (Å²) in [6, 6.07) is 10.6. The molecule has 4 heteroatoms. The number of hydrogen-bond donors (Lipinski definition) is 1. The predicted octanol–water partition coefficient (Wildman–Crippen LogP) is 3.66. The number of nitrogens with two attached hydrogens (primary N) is 1. The second kappa shape index (κ2) is 6.01. The Kier molecular flexibility index (Phi) is 4.35. The molecule has 0 bridgehead atoms. The topological polar surface area (TPSA) is 35.2 Å². The Bertz CT molecular complexity index is 655. The van der Waals surface area contributed by atoms with E-state index in [1.165, 1.54) is 6.07 Å². The van der Waals surface area contributed by atoms with Gasteiger partial charge >= 0.3 is 0 Å². The number of thiocarbonyl (C=S) groups is 1. The first-order chi connectivity index (χ1) is 9.47. The molecule has 0 aromatic heterocycles. The van der Waals surface area contributed by atoms with Crippen molar-refractivity contribution in [2.75, 3.05) is 0 Å². The fraction of sp³-hybridized carbons (Fsp3) is 0.188. The number of aryl methyl sites for hydroxylation is 2. The third-order valence-corrected chi connectivity index (χ3v) is 3.30. The lowest BCUT2D eigenvalue weighted by molar-refractivity contribution is 0.297. The van der Waals surface area contributed by atoms with Crippen LogP contribution in [0.5, 0.6) is 5.75 Å². The highest BCUT2D eigenvalue weighted by atomic mass is 32.1. The Morgan fingerprint density at radius 3 is 2.60 bits per heavy atom. The monoisotopic (exact) mass is 289 g/mol. The van der Waals surface area contributed by atoms with E-state index in [1.54, 1.807) is 12.1 Å². The average molecular weight is 289 g/mol. The van der Waals surface area contributed by atoms with Crippen molar-refractivity contribution in [3.05, 3.63) is 64.5 Å². The lowest BCUT2D eigenvalue weighted by Crippen LogP contribution is -2.10. The molecule has 0 aliphatic heterocycles. The van der Waals surface area contributed by atoms with Crippen molar-refractivity contribution >= 4 is 17.2 Å². The van der Waals surface area contributed by atoms with Crippen LogP contribution in [0, 0.1) is 19.7 Å². The molecule has 2 aromatic carbocycles. The molecule has 104 valence electrons. The second-order valence-corrected chi connectivity index (χ2v) is 5.17. The normalized spacial score (nSPS) is 10.3. The van der Waals surface area contributed by atoms with Gasteiger partial charge in [0, 0.05) is 11.1 Å². The van der Waals surface area contributed by atoms with Crippen LogP contribution in [0.1, 0.15) is 22.3 Å². The minimum Gasteiger partial charge on any atom is -0.489 e. The molecule has 0 atom stereocenters. The zero-order valence-corrected chi connectivity index (χ0v) is 12.3. The largest absolute Gasteiger partial charge is 0.489 e. The molecule has 0 aliphatic carbocycles. The Balaban J connectivity index is 2.15. The molecule has 0 radical (unpaired) electrons. The molecule has 2 aromatic rings. The minimum absolute atomic E-state index is 0.174. The zero-order chi connectivity index (χ0) is 14.7. The highest BCUT2D eigenvalue weighted by Crippen LogP contribution is 2.21. The molecule has 0 saturated heterocycles. The molecule has 2 nitrogen and oxygen atoms in total. The van der Waals surface area contributed by atoms with Crippen LogP contribution in [0.2, 0.25) is 0 Å². The first-order valence-electron chi connectivity index (χ1n) is 6.25. The molecule has 20 heavy (non-hydrogen) atoms. The van der Waals surface area contributed by atoms with Crippen molar-refractivity contribution in [2.45, 2.75) is 20.5 Å². The van der Waals surface area contributed by atoms with Gasteiger partial charge in [-0.3, -0.25) is 0 Å². The van der Waals surface area contributed by atoms with Crippen LogP contribution >= 0.6 is 12.2 Å². The van der Waals surface area contributed by atoms with E-state index < -0.39 is 0 Å². The standard InChI is InChI=1S/C16H16FNOS/c1-10-3-4-11(2)15(7-10)19-9-13-6-5-12(16(18)20)8-14(13)17/h3-8H,9H2,1-2H3,(H2,18,20). The van der Waals surface area contributed by atoms with Crippen LogP contribution in [0.15, 0.2) is 36.4 Å². The quantitative estimate of drug-likeness (QED) is 0.873. The highest BCUT2D eigenvalue weighted by molar-refractivity contribution is 7.80. The summed E-state index contributed by atoms with van der Waals surface area (Å²) in [5.74, 6) is 0.406. The Hall–Kier alpha value is -1.94. The number of rotatable bonds is 4. The van der Waals surface area contributed by atoms with Gasteiger partial charge < -0.3 is 10.5 Å². The van der Waals surface area contributed by atoms with Crippen LogP contribution in [0.4, 0.5) is 4.39 Å². The van der Waals surface area contributed by atoms with Gasteiger partial charge in [0.15, 0.2) is 0 Å². The van der Waals surface area contributed by atoms with Crippen molar-refractivity contribution in [3.63, 3.8) is 0 Å². The van der Waals surface area contributed by atoms with E-state index in [2.05, 4.69) is 0 Å². The molecular formula is C16H16FNOS. The van der Waals surface area contributed by atoms with Gasteiger partial charge in [-0.15, -0.1) is 0 Å². The molecule has 0 aliphatic rings. The number of ether oxygens (including phenoxy) is 1. The van der Waals surface area contributed by atoms with Gasteiger partial charge in [0.05, 0.1) is 0 Å². The summed E-state index contributed by atoms with van der Waals surface area (Å²) in [4.78, 5) is 0.186. The summed E-state index contributed by atoms with van der Waals surface area (Å²) < 4.78 is 19.6. The van der Waals surface area contributed by atoms with Gasteiger partial charge in [-0.2, -0.15) is 0 Å². The second-order valence-electron chi connectivity index (χ2n) is 4.73. The maximum Gasteiger partial charge on any atom is 0.130 e. The van der Waals surface area contributed by atoms with Crippen molar-refractivity contribution in [1.29, 1.82) is 0 Å². The SMILES string of the molecule is Cc1ccc(C)c(OCc2ccc(C(N)=S)cc2F)c1. The lowest BCUT2D eigenvalue weighted by atomic mass is 10.1. The van der Waals surface area contributed by atoms with Crippen LogP contribution in [0.25, 0.3) is 0 Å². The van der Waals surface area contributed by atoms with Crippen LogP contribution in [0.3, 0.4) is 0 Å². The molecule has 0 amide bonds. The van der Waals surface area contributed by atoms with Gasteiger partial charge in [-0.05, 0) is 37.1 Å². The van der Waals surface area contributed by atoms with Crippen LogP contribution < -0.4 is 10.5 Å². The van der Waals surface area contributed by atoms with Gasteiger partial charge in [0.2, 0.25) is 0 Å². The zero-order valence-electron chi connectivity index (χ0n) is 11.4.